The van der Waals surface area contributed by atoms with Gasteiger partial charge in [-0.2, -0.15) is 0 Å². The van der Waals surface area contributed by atoms with E-state index < -0.39 is 0 Å². The van der Waals surface area contributed by atoms with Crippen LogP contribution in [0.4, 0.5) is 0 Å². The number of hydrogen-bond donors (Lipinski definition) is 1. The molecule has 1 N–H and O–H groups in total. The third kappa shape index (κ3) is 1.30. The van der Waals surface area contributed by atoms with Crippen LogP contribution in [0.3, 0.4) is 0 Å². The lowest BCUT2D eigenvalue weighted by Gasteiger charge is -2.04. The van der Waals surface area contributed by atoms with Gasteiger partial charge in [-0.15, -0.1) is 0 Å². The van der Waals surface area contributed by atoms with Gasteiger partial charge in [0.15, 0.2) is 5.78 Å². The molecule has 11 heavy (non-hydrogen) atoms. The second-order valence-electron chi connectivity index (χ2n) is 3.48. The van der Waals surface area contributed by atoms with E-state index in [1.807, 2.05) is 20.8 Å². The van der Waals surface area contributed by atoms with Crippen LogP contribution in [0, 0.1) is 11.8 Å². The molecule has 1 rings (SSSR count). The first kappa shape index (κ1) is 8.31. The highest BCUT2D eigenvalue weighted by atomic mass is 16.3. The van der Waals surface area contributed by atoms with Crippen molar-refractivity contribution >= 4 is 5.78 Å². The highest BCUT2D eigenvalue weighted by Crippen LogP contribution is 2.30. The van der Waals surface area contributed by atoms with Crippen molar-refractivity contribution in [2.24, 2.45) is 11.8 Å². The fourth-order valence-electron chi connectivity index (χ4n) is 1.51. The van der Waals surface area contributed by atoms with Crippen molar-refractivity contribution in [2.45, 2.75) is 27.2 Å². The molecule has 0 aromatic rings. The van der Waals surface area contributed by atoms with E-state index >= 15 is 0 Å². The molecule has 2 nitrogen and oxygen atoms in total. The van der Waals surface area contributed by atoms with Gasteiger partial charge in [0, 0.05) is 17.9 Å². The minimum atomic E-state index is 0.0416. The normalized spacial score (nSPS) is 25.5. The van der Waals surface area contributed by atoms with Gasteiger partial charge in [-0.05, 0) is 5.92 Å². The quantitative estimate of drug-likeness (QED) is 0.627. The molecule has 0 saturated carbocycles. The molecule has 0 aromatic heterocycles. The highest BCUT2D eigenvalue weighted by Gasteiger charge is 2.30. The summed E-state index contributed by atoms with van der Waals surface area (Å²) in [5.74, 6) is 0.627. The van der Waals surface area contributed by atoms with E-state index in [2.05, 4.69) is 0 Å². The maximum Gasteiger partial charge on any atom is 0.163 e. The summed E-state index contributed by atoms with van der Waals surface area (Å²) in [6.45, 7) is 5.74. The van der Waals surface area contributed by atoms with Crippen LogP contribution in [0.25, 0.3) is 0 Å². The predicted octanol–water partition coefficient (Wildman–Crippen LogP) is 2.06. The van der Waals surface area contributed by atoms with Crippen molar-refractivity contribution in [3.63, 3.8) is 0 Å². The van der Waals surface area contributed by atoms with E-state index in [9.17, 15) is 9.90 Å². The minimum Gasteiger partial charge on any atom is -0.512 e. The van der Waals surface area contributed by atoms with Crippen LogP contribution < -0.4 is 0 Å². The summed E-state index contributed by atoms with van der Waals surface area (Å²) in [4.78, 5) is 11.2. The fourth-order valence-corrected chi connectivity index (χ4v) is 1.51. The van der Waals surface area contributed by atoms with E-state index in [1.165, 1.54) is 0 Å². The van der Waals surface area contributed by atoms with Gasteiger partial charge in [0.25, 0.3) is 0 Å². The summed E-state index contributed by atoms with van der Waals surface area (Å²) >= 11 is 0. The highest BCUT2D eigenvalue weighted by molar-refractivity contribution is 5.98. The number of Topliss-reactive ketones (excluding diaryl/α,β-unsaturated/α-hetero) is 1. The van der Waals surface area contributed by atoms with Crippen LogP contribution in [0.1, 0.15) is 27.2 Å². The van der Waals surface area contributed by atoms with Crippen LogP contribution in [-0.4, -0.2) is 10.9 Å². The molecule has 0 aromatic carbocycles. The maximum absolute atomic E-state index is 11.2. The van der Waals surface area contributed by atoms with Crippen molar-refractivity contribution < 1.29 is 9.90 Å². The van der Waals surface area contributed by atoms with E-state index in [-0.39, 0.29) is 17.6 Å². The fraction of sp³-hybridized carbons (Fsp3) is 0.667. The molecule has 1 aliphatic carbocycles. The lowest BCUT2D eigenvalue weighted by atomic mass is 10.0. The van der Waals surface area contributed by atoms with Gasteiger partial charge >= 0.3 is 0 Å². The summed E-state index contributed by atoms with van der Waals surface area (Å²) < 4.78 is 0. The molecule has 1 unspecified atom stereocenters. The molecule has 0 spiro atoms. The second kappa shape index (κ2) is 2.68. The number of ketones is 1. The molecule has 0 saturated heterocycles. The number of allylic oxidation sites excluding steroid dienone is 2. The van der Waals surface area contributed by atoms with Gasteiger partial charge in [0.05, 0.1) is 0 Å². The summed E-state index contributed by atoms with van der Waals surface area (Å²) in [6, 6.07) is 0. The van der Waals surface area contributed by atoms with Gasteiger partial charge in [-0.3, -0.25) is 4.79 Å². The average Bonchev–Trinajstić information content (AvgIpc) is 2.07. The van der Waals surface area contributed by atoms with Gasteiger partial charge in [-0.1, -0.05) is 20.8 Å². The Morgan fingerprint density at radius 2 is 2.09 bits per heavy atom. The summed E-state index contributed by atoms with van der Waals surface area (Å²) in [5.41, 5.74) is 0.637. The number of carbonyl (C=O) groups is 1. The molecule has 0 radical (unpaired) electrons. The van der Waals surface area contributed by atoms with E-state index in [0.717, 1.165) is 0 Å². The lowest BCUT2D eigenvalue weighted by Crippen LogP contribution is -2.03. The van der Waals surface area contributed by atoms with Crippen molar-refractivity contribution in [3.05, 3.63) is 11.3 Å². The predicted molar refractivity (Wildman–Crippen MR) is 43.3 cm³/mol. The number of hydrogen-bond acceptors (Lipinski definition) is 2. The van der Waals surface area contributed by atoms with E-state index in [4.69, 9.17) is 0 Å². The minimum absolute atomic E-state index is 0.0416. The van der Waals surface area contributed by atoms with Crippen LogP contribution in [0.15, 0.2) is 11.3 Å². The first-order valence-electron chi connectivity index (χ1n) is 4.00. The van der Waals surface area contributed by atoms with Gasteiger partial charge in [0.1, 0.15) is 5.76 Å². The van der Waals surface area contributed by atoms with Crippen molar-refractivity contribution in [1.82, 2.24) is 0 Å². The third-order valence-electron chi connectivity index (χ3n) is 2.11. The van der Waals surface area contributed by atoms with Crippen molar-refractivity contribution in [2.75, 3.05) is 0 Å². The topological polar surface area (TPSA) is 37.3 Å². The number of aliphatic hydroxyl groups is 1. The van der Waals surface area contributed by atoms with Gasteiger partial charge < -0.3 is 5.11 Å². The molecular weight excluding hydrogens is 140 g/mol. The molecule has 62 valence electrons. The third-order valence-corrected chi connectivity index (χ3v) is 2.11. The van der Waals surface area contributed by atoms with Crippen LogP contribution in [-0.2, 0) is 4.79 Å². The zero-order valence-corrected chi connectivity index (χ0v) is 7.22. The van der Waals surface area contributed by atoms with Crippen LogP contribution >= 0.6 is 0 Å². The number of carbonyl (C=O) groups excluding carboxylic acids is 1. The molecule has 2 heteroatoms. The molecule has 0 bridgehead atoms. The average molecular weight is 154 g/mol. The molecular formula is C9H14O2. The Labute approximate surface area is 66.9 Å². The largest absolute Gasteiger partial charge is 0.512 e. The molecule has 1 aliphatic rings. The number of aliphatic hydroxyl groups excluding tert-OH is 1. The SMILES string of the molecule is CC(C)C1=C(O)C(C)CC1=O. The second-order valence-corrected chi connectivity index (χ2v) is 3.48. The summed E-state index contributed by atoms with van der Waals surface area (Å²) in [6.07, 6.45) is 0.485. The van der Waals surface area contributed by atoms with Gasteiger partial charge in [-0.25, -0.2) is 0 Å². The Morgan fingerprint density at radius 3 is 2.27 bits per heavy atom. The monoisotopic (exact) mass is 154 g/mol. The van der Waals surface area contributed by atoms with Crippen LogP contribution in [0.2, 0.25) is 0 Å². The van der Waals surface area contributed by atoms with Crippen molar-refractivity contribution in [1.29, 1.82) is 0 Å². The standard InChI is InChI=1S/C9H14O2/c1-5(2)8-7(10)4-6(3)9(8)11/h5-6,11H,4H2,1-3H3. The first-order valence-corrected chi connectivity index (χ1v) is 4.00. The van der Waals surface area contributed by atoms with Crippen LogP contribution in [0.5, 0.6) is 0 Å². The van der Waals surface area contributed by atoms with E-state index in [0.29, 0.717) is 17.8 Å². The molecule has 0 aliphatic heterocycles. The Bertz CT molecular complexity index is 214. The lowest BCUT2D eigenvalue weighted by molar-refractivity contribution is -0.115. The maximum atomic E-state index is 11.2. The Morgan fingerprint density at radius 1 is 1.55 bits per heavy atom. The summed E-state index contributed by atoms with van der Waals surface area (Å²) in [7, 11) is 0. The molecule has 0 heterocycles. The van der Waals surface area contributed by atoms with Crippen molar-refractivity contribution in [3.8, 4) is 0 Å². The Balaban J connectivity index is 2.97. The zero-order chi connectivity index (χ0) is 8.59. The molecule has 0 amide bonds. The Hall–Kier alpha value is -0.790. The van der Waals surface area contributed by atoms with E-state index in [1.54, 1.807) is 0 Å². The number of rotatable bonds is 1. The molecule has 1 atom stereocenters. The van der Waals surface area contributed by atoms with Gasteiger partial charge in [0.2, 0.25) is 0 Å². The smallest absolute Gasteiger partial charge is 0.163 e. The Kier molecular flexibility index (Phi) is 2.03. The first-order chi connectivity index (χ1) is 5.04. The zero-order valence-electron chi connectivity index (χ0n) is 7.22. The summed E-state index contributed by atoms with van der Waals surface area (Å²) in [5, 5.41) is 9.46. The molecule has 0 fully saturated rings.